The van der Waals surface area contributed by atoms with Gasteiger partial charge in [-0.05, 0) is 51.6 Å². The molecule has 2 atom stereocenters. The van der Waals surface area contributed by atoms with Crippen LogP contribution < -0.4 is 5.32 Å². The first kappa shape index (κ1) is 16.8. The maximum absolute atomic E-state index is 12.4. The van der Waals surface area contributed by atoms with E-state index >= 15 is 0 Å². The van der Waals surface area contributed by atoms with Gasteiger partial charge in [0.25, 0.3) is 0 Å². The molecule has 1 N–H and O–H groups in total. The minimum atomic E-state index is 0.0786. The Labute approximate surface area is 129 Å². The summed E-state index contributed by atoms with van der Waals surface area (Å²) in [5.41, 5.74) is 0.0786. The Balaban J connectivity index is 1.77. The summed E-state index contributed by atoms with van der Waals surface area (Å²) in [7, 11) is 1.97. The summed E-state index contributed by atoms with van der Waals surface area (Å²) >= 11 is 0. The molecule has 1 heterocycles. The Morgan fingerprint density at radius 2 is 2.00 bits per heavy atom. The zero-order valence-electron chi connectivity index (χ0n) is 14.2. The highest BCUT2D eigenvalue weighted by Gasteiger charge is 2.51. The van der Waals surface area contributed by atoms with Gasteiger partial charge in [0.1, 0.15) is 0 Å². The van der Waals surface area contributed by atoms with Crippen LogP contribution in [0, 0.1) is 11.3 Å². The second-order valence-electron chi connectivity index (χ2n) is 7.25. The number of nitrogens with zero attached hydrogens (tertiary/aromatic N) is 1. The van der Waals surface area contributed by atoms with Crippen LogP contribution in [0.1, 0.15) is 52.9 Å². The van der Waals surface area contributed by atoms with Crippen LogP contribution in [0.2, 0.25) is 0 Å². The Morgan fingerprint density at radius 1 is 1.33 bits per heavy atom. The molecule has 0 spiro atoms. The van der Waals surface area contributed by atoms with Gasteiger partial charge in [0, 0.05) is 31.5 Å². The molecule has 0 radical (unpaired) electrons. The molecule has 2 unspecified atom stereocenters. The number of rotatable bonds is 6. The molecule has 2 aliphatic rings. The van der Waals surface area contributed by atoms with E-state index in [1.165, 1.54) is 12.8 Å². The quantitative estimate of drug-likeness (QED) is 0.818. The summed E-state index contributed by atoms with van der Waals surface area (Å²) in [5.74, 6) is 1.04. The Kier molecular flexibility index (Phi) is 5.67. The average Bonchev–Trinajstić information content (AvgIpc) is 2.49. The summed E-state index contributed by atoms with van der Waals surface area (Å²) in [6.45, 7) is 9.46. The van der Waals surface area contributed by atoms with Crippen LogP contribution in [0.3, 0.4) is 0 Å². The molecule has 4 nitrogen and oxygen atoms in total. The molecule has 0 aromatic carbocycles. The lowest BCUT2D eigenvalue weighted by Gasteiger charge is -2.54. The first-order valence-electron chi connectivity index (χ1n) is 8.54. The minimum Gasteiger partial charge on any atom is -0.378 e. The van der Waals surface area contributed by atoms with E-state index in [0.717, 1.165) is 38.5 Å². The van der Waals surface area contributed by atoms with Crippen LogP contribution in [0.25, 0.3) is 0 Å². The van der Waals surface area contributed by atoms with Crippen LogP contribution in [0.15, 0.2) is 0 Å². The molecule has 1 amide bonds. The van der Waals surface area contributed by atoms with E-state index in [1.807, 2.05) is 18.9 Å². The van der Waals surface area contributed by atoms with Crippen LogP contribution in [0.5, 0.6) is 0 Å². The van der Waals surface area contributed by atoms with E-state index < -0.39 is 0 Å². The van der Waals surface area contributed by atoms with Crippen molar-refractivity contribution >= 4 is 5.91 Å². The highest BCUT2D eigenvalue weighted by atomic mass is 16.5. The average molecular weight is 296 g/mol. The van der Waals surface area contributed by atoms with Gasteiger partial charge in [-0.25, -0.2) is 0 Å². The van der Waals surface area contributed by atoms with Crippen molar-refractivity contribution in [1.82, 2.24) is 10.2 Å². The summed E-state index contributed by atoms with van der Waals surface area (Å²) < 4.78 is 5.76. The largest absolute Gasteiger partial charge is 0.378 e. The number of amides is 1. The lowest BCUT2D eigenvalue weighted by Crippen LogP contribution is -2.62. The van der Waals surface area contributed by atoms with Crippen molar-refractivity contribution in [3.8, 4) is 0 Å². The summed E-state index contributed by atoms with van der Waals surface area (Å²) in [5, 5.41) is 3.38. The van der Waals surface area contributed by atoms with Gasteiger partial charge in [-0.1, -0.05) is 13.8 Å². The molecule has 1 saturated heterocycles. The second-order valence-corrected chi connectivity index (χ2v) is 7.25. The fourth-order valence-corrected chi connectivity index (χ4v) is 3.85. The lowest BCUT2D eigenvalue weighted by atomic mass is 9.63. The molecule has 1 aliphatic heterocycles. The number of carbonyl (C=O) groups excluding carboxylic acids is 1. The fraction of sp³-hybridized carbons (Fsp3) is 0.941. The first-order chi connectivity index (χ1) is 9.96. The van der Waals surface area contributed by atoms with Crippen LogP contribution in [0.4, 0.5) is 0 Å². The minimum absolute atomic E-state index is 0.0786. The van der Waals surface area contributed by atoms with Gasteiger partial charge in [-0.15, -0.1) is 0 Å². The lowest BCUT2D eigenvalue weighted by molar-refractivity contribution is -0.163. The molecule has 4 heteroatoms. The standard InChI is InChI=1S/C17H32N2O2/c1-5-21-15-12-14(17(15,2)3)19(4)16(20)7-6-13-8-10-18-11-9-13/h13-15,18H,5-12H2,1-4H3. The highest BCUT2D eigenvalue weighted by molar-refractivity contribution is 5.76. The molecule has 2 fully saturated rings. The maximum atomic E-state index is 12.4. The molecule has 0 bridgehead atoms. The van der Waals surface area contributed by atoms with E-state index in [2.05, 4.69) is 19.2 Å². The monoisotopic (exact) mass is 296 g/mol. The second kappa shape index (κ2) is 7.10. The number of hydrogen-bond acceptors (Lipinski definition) is 3. The number of ether oxygens (including phenoxy) is 1. The SMILES string of the molecule is CCOC1CC(N(C)C(=O)CCC2CCNCC2)C1(C)C. The van der Waals surface area contributed by atoms with Crippen molar-refractivity contribution < 1.29 is 9.53 Å². The number of hydrogen-bond donors (Lipinski definition) is 1. The Hall–Kier alpha value is -0.610. The zero-order valence-corrected chi connectivity index (χ0v) is 14.2. The number of carbonyl (C=O) groups is 1. The number of piperidine rings is 1. The van der Waals surface area contributed by atoms with E-state index in [4.69, 9.17) is 4.74 Å². The van der Waals surface area contributed by atoms with Crippen molar-refractivity contribution in [3.05, 3.63) is 0 Å². The molecule has 1 saturated carbocycles. The van der Waals surface area contributed by atoms with Gasteiger partial charge in [0.2, 0.25) is 5.91 Å². The third-order valence-electron chi connectivity index (χ3n) is 5.58. The normalized spacial score (nSPS) is 29.0. The molecule has 0 aromatic rings. The van der Waals surface area contributed by atoms with Crippen molar-refractivity contribution in [2.75, 3.05) is 26.7 Å². The van der Waals surface area contributed by atoms with E-state index in [9.17, 15) is 4.79 Å². The molecule has 21 heavy (non-hydrogen) atoms. The Morgan fingerprint density at radius 3 is 2.57 bits per heavy atom. The number of nitrogens with one attached hydrogen (secondary N) is 1. The third kappa shape index (κ3) is 3.78. The van der Waals surface area contributed by atoms with Gasteiger partial charge in [0.15, 0.2) is 0 Å². The smallest absolute Gasteiger partial charge is 0.222 e. The van der Waals surface area contributed by atoms with Crippen LogP contribution >= 0.6 is 0 Å². The zero-order chi connectivity index (χ0) is 15.5. The van der Waals surface area contributed by atoms with Crippen molar-refractivity contribution in [2.24, 2.45) is 11.3 Å². The van der Waals surface area contributed by atoms with Gasteiger partial charge < -0.3 is 15.0 Å². The van der Waals surface area contributed by atoms with Crippen LogP contribution in [-0.4, -0.2) is 49.7 Å². The van der Waals surface area contributed by atoms with Gasteiger partial charge in [-0.2, -0.15) is 0 Å². The molecular weight excluding hydrogens is 264 g/mol. The maximum Gasteiger partial charge on any atom is 0.222 e. The van der Waals surface area contributed by atoms with E-state index in [0.29, 0.717) is 24.5 Å². The van der Waals surface area contributed by atoms with Crippen molar-refractivity contribution in [3.63, 3.8) is 0 Å². The first-order valence-corrected chi connectivity index (χ1v) is 8.54. The summed E-state index contributed by atoms with van der Waals surface area (Å²) in [4.78, 5) is 14.4. The summed E-state index contributed by atoms with van der Waals surface area (Å²) in [6, 6.07) is 0.328. The van der Waals surface area contributed by atoms with E-state index in [-0.39, 0.29) is 5.41 Å². The highest BCUT2D eigenvalue weighted by Crippen LogP contribution is 2.45. The topological polar surface area (TPSA) is 41.6 Å². The Bertz CT molecular complexity index is 351. The molecule has 1 aliphatic carbocycles. The summed E-state index contributed by atoms with van der Waals surface area (Å²) in [6.07, 6.45) is 5.47. The molecule has 2 rings (SSSR count). The van der Waals surface area contributed by atoms with Gasteiger partial charge in [0.05, 0.1) is 6.10 Å². The molecule has 0 aromatic heterocycles. The predicted octanol–water partition coefficient (Wildman–Crippen LogP) is 2.43. The fourth-order valence-electron chi connectivity index (χ4n) is 3.85. The van der Waals surface area contributed by atoms with Gasteiger partial charge in [-0.3, -0.25) is 4.79 Å². The molecule has 122 valence electrons. The van der Waals surface area contributed by atoms with E-state index in [1.54, 1.807) is 0 Å². The van der Waals surface area contributed by atoms with Crippen LogP contribution in [-0.2, 0) is 9.53 Å². The van der Waals surface area contributed by atoms with Crippen molar-refractivity contribution in [1.29, 1.82) is 0 Å². The molecular formula is C17H32N2O2. The predicted molar refractivity (Wildman–Crippen MR) is 85.2 cm³/mol. The van der Waals surface area contributed by atoms with Gasteiger partial charge >= 0.3 is 0 Å². The van der Waals surface area contributed by atoms with Crippen molar-refractivity contribution in [2.45, 2.75) is 65.0 Å². The third-order valence-corrected chi connectivity index (χ3v) is 5.58.